The lowest BCUT2D eigenvalue weighted by Crippen LogP contribution is -2.56. The molecule has 84 heavy (non-hydrogen) atoms. The third-order valence-corrected chi connectivity index (χ3v) is 17.2. The molecule has 466 valence electrons. The van der Waals surface area contributed by atoms with Crippen molar-refractivity contribution < 1.29 is 57.8 Å². The molecule has 0 aromatic heterocycles. The highest BCUT2D eigenvalue weighted by atomic mass is 32.2. The van der Waals surface area contributed by atoms with Gasteiger partial charge in [0.1, 0.15) is 18.1 Å². The lowest BCUT2D eigenvalue weighted by Gasteiger charge is -2.35. The van der Waals surface area contributed by atoms with Gasteiger partial charge in [-0.25, -0.2) is 0 Å². The minimum Gasteiger partial charge on any atom is -0.393 e. The van der Waals surface area contributed by atoms with Crippen LogP contribution in [0.2, 0.25) is 0 Å². The van der Waals surface area contributed by atoms with Gasteiger partial charge in [0.15, 0.2) is 17.3 Å². The van der Waals surface area contributed by atoms with Gasteiger partial charge in [-0.1, -0.05) is 88.4 Å². The molecule has 20 heteroatoms. The Balaban J connectivity index is 1.85. The number of thioether (sulfide) groups is 1. The smallest absolute Gasteiger partial charge is 0.246 e. The number of ether oxygens (including phenoxy) is 1. The number of ketones is 3. The molecule has 2 heterocycles. The molecule has 9 atom stereocenters. The van der Waals surface area contributed by atoms with Crippen LogP contribution in [0.15, 0.2) is 60.7 Å². The molecule has 0 bridgehead atoms. The summed E-state index contributed by atoms with van der Waals surface area (Å²) in [7, 11) is 7.29. The number of aliphatic hydroxyl groups excluding tert-OH is 1. The van der Waals surface area contributed by atoms with Crippen LogP contribution in [-0.2, 0) is 65.5 Å². The quantitative estimate of drug-likeness (QED) is 0.267. The fraction of sp³-hybridized carbons (Fsp3) is 0.656. The summed E-state index contributed by atoms with van der Waals surface area (Å²) in [6.07, 6.45) is 0.551. The van der Waals surface area contributed by atoms with Crippen LogP contribution < -0.4 is 5.32 Å². The van der Waals surface area contributed by atoms with Crippen molar-refractivity contribution in [2.24, 2.45) is 29.6 Å². The molecule has 0 radical (unpaired) electrons. The molecule has 2 aliphatic heterocycles. The highest BCUT2D eigenvalue weighted by molar-refractivity contribution is 7.99. The van der Waals surface area contributed by atoms with E-state index in [9.17, 15) is 53.1 Å². The van der Waals surface area contributed by atoms with Crippen LogP contribution in [0.5, 0.6) is 0 Å². The highest BCUT2D eigenvalue weighted by Gasteiger charge is 2.41. The summed E-state index contributed by atoms with van der Waals surface area (Å²) in [5.74, 6) is -8.88. The Morgan fingerprint density at radius 2 is 1.19 bits per heavy atom. The number of hydrogen-bond acceptors (Lipinski definition) is 13. The summed E-state index contributed by atoms with van der Waals surface area (Å²) in [5.41, 5.74) is 0.750. The zero-order valence-corrected chi connectivity index (χ0v) is 53.3. The summed E-state index contributed by atoms with van der Waals surface area (Å²) in [4.78, 5) is 154. The molecule has 19 nitrogen and oxygen atoms in total. The van der Waals surface area contributed by atoms with Gasteiger partial charge in [-0.2, -0.15) is 11.8 Å². The third kappa shape index (κ3) is 21.2. The first kappa shape index (κ1) is 70.5. The molecule has 2 aliphatic rings. The zero-order chi connectivity index (χ0) is 62.7. The molecular formula is C64H97N7O12S. The fourth-order valence-electron chi connectivity index (χ4n) is 10.7. The summed E-state index contributed by atoms with van der Waals surface area (Å²) < 4.78 is 6.12. The maximum absolute atomic E-state index is 15.0. The molecule has 0 saturated carbocycles. The molecule has 2 aromatic carbocycles. The number of aliphatic hydroxyl groups is 1. The van der Waals surface area contributed by atoms with Crippen molar-refractivity contribution in [3.63, 3.8) is 0 Å². The second-order valence-corrected chi connectivity index (χ2v) is 26.1. The number of carbonyl (C=O) groups is 10. The Kier molecular flexibility index (Phi) is 27.7. The van der Waals surface area contributed by atoms with Gasteiger partial charge in [-0.3, -0.25) is 47.9 Å². The second kappa shape index (κ2) is 33.1. The monoisotopic (exact) mass is 1190 g/mol. The van der Waals surface area contributed by atoms with Gasteiger partial charge >= 0.3 is 0 Å². The van der Waals surface area contributed by atoms with E-state index in [1.54, 1.807) is 32.6 Å². The maximum Gasteiger partial charge on any atom is 0.246 e. The molecule has 2 N–H and O–H groups in total. The lowest BCUT2D eigenvalue weighted by molar-refractivity contribution is -0.149. The summed E-state index contributed by atoms with van der Waals surface area (Å²) in [6.45, 7) is 16.0. The van der Waals surface area contributed by atoms with Crippen LogP contribution in [0.3, 0.4) is 0 Å². The molecule has 0 unspecified atom stereocenters. The molecular weight excluding hydrogens is 1090 g/mol. The maximum atomic E-state index is 15.0. The van der Waals surface area contributed by atoms with Gasteiger partial charge < -0.3 is 44.6 Å². The molecule has 2 saturated heterocycles. The first-order chi connectivity index (χ1) is 39.4. The van der Waals surface area contributed by atoms with E-state index in [1.807, 2.05) is 88.4 Å². The van der Waals surface area contributed by atoms with Gasteiger partial charge in [0.2, 0.25) is 41.4 Å². The summed E-state index contributed by atoms with van der Waals surface area (Å²) in [6, 6.07) is 12.6. The van der Waals surface area contributed by atoms with Crippen LogP contribution in [0.25, 0.3) is 0 Å². The van der Waals surface area contributed by atoms with E-state index in [2.05, 4.69) is 5.32 Å². The Morgan fingerprint density at radius 1 is 0.643 bits per heavy atom. The van der Waals surface area contributed by atoms with E-state index in [0.29, 0.717) is 13.1 Å². The van der Waals surface area contributed by atoms with E-state index in [4.69, 9.17) is 4.74 Å². The second-order valence-electron chi connectivity index (χ2n) is 25.1. The number of nitrogens with zero attached hydrogens (tertiary/aromatic N) is 6. The van der Waals surface area contributed by atoms with Crippen molar-refractivity contribution in [1.29, 1.82) is 0 Å². The van der Waals surface area contributed by atoms with Crippen LogP contribution in [0, 0.1) is 29.6 Å². The Morgan fingerprint density at radius 3 is 1.74 bits per heavy atom. The van der Waals surface area contributed by atoms with Gasteiger partial charge in [-0.05, 0) is 96.1 Å². The van der Waals surface area contributed by atoms with Gasteiger partial charge in [0, 0.05) is 85.7 Å². The van der Waals surface area contributed by atoms with Crippen molar-refractivity contribution in [3.8, 4) is 0 Å². The predicted molar refractivity (Wildman–Crippen MR) is 325 cm³/mol. The first-order valence-electron chi connectivity index (χ1n) is 29.9. The van der Waals surface area contributed by atoms with Gasteiger partial charge in [-0.15, -0.1) is 0 Å². The van der Waals surface area contributed by atoms with E-state index in [-0.39, 0.29) is 74.4 Å². The Hall–Kier alpha value is -5.99. The molecule has 0 spiro atoms. The number of amides is 7. The van der Waals surface area contributed by atoms with Crippen molar-refractivity contribution >= 4 is 70.5 Å². The van der Waals surface area contributed by atoms with Crippen molar-refractivity contribution in [2.45, 2.75) is 168 Å². The number of hydrogen-bond donors (Lipinski definition) is 2. The van der Waals surface area contributed by atoms with E-state index in [0.717, 1.165) is 47.1 Å². The highest BCUT2D eigenvalue weighted by Crippen LogP contribution is 2.27. The van der Waals surface area contributed by atoms with Crippen molar-refractivity contribution in [3.05, 3.63) is 71.8 Å². The molecule has 2 fully saturated rings. The predicted octanol–water partition coefficient (Wildman–Crippen LogP) is 5.52. The number of carbonyl (C=O) groups excluding carboxylic acids is 10. The first-order valence-corrected chi connectivity index (χ1v) is 31.0. The number of likely N-dealkylation sites (tertiary alicyclic amines) is 1. The minimum absolute atomic E-state index is 0.0456. The van der Waals surface area contributed by atoms with Gasteiger partial charge in [0.05, 0.1) is 54.5 Å². The summed E-state index contributed by atoms with van der Waals surface area (Å²) >= 11 is 1.15. The SMILES string of the molecule is CC(C)C[C@H]1C(=O)N[C@@H](COC(C)(C)C)C(=O)C[C@H](C(=O)N2CCCCC2)CSCC(=O)N(C)[C@@H](Cc2ccccc2)C(=O)N(C)[C@@H](C)C(=O)C[C@@H](Cc2ccccc2)C(=O)N(C)[C@@H](CC(C)C)C(=O)C[C@@H]([C@@H](C)O)C(=O)N(C)CC(=O)N1C. The number of piperidine rings is 1. The van der Waals surface area contributed by atoms with Crippen LogP contribution in [0.4, 0.5) is 0 Å². The van der Waals surface area contributed by atoms with Crippen LogP contribution >= 0.6 is 11.8 Å². The molecule has 2 aromatic rings. The molecule has 4 rings (SSSR count). The zero-order valence-electron chi connectivity index (χ0n) is 52.5. The Bertz CT molecular complexity index is 2550. The fourth-order valence-corrected chi connectivity index (χ4v) is 11.8. The lowest BCUT2D eigenvalue weighted by atomic mass is 9.87. The Labute approximate surface area is 503 Å². The minimum atomic E-state index is -1.38. The normalized spacial score (nSPS) is 25.4. The topological polar surface area (TPSA) is 232 Å². The van der Waals surface area contributed by atoms with E-state index >= 15 is 0 Å². The third-order valence-electron chi connectivity index (χ3n) is 16.1. The molecule has 0 aliphatic carbocycles. The van der Waals surface area contributed by atoms with Crippen LogP contribution in [-0.4, -0.2) is 208 Å². The van der Waals surface area contributed by atoms with E-state index < -0.39 is 125 Å². The number of benzene rings is 2. The number of likely N-dealkylation sites (N-methyl/N-ethyl adjacent to an activating group) is 5. The molecule has 7 amide bonds. The number of Topliss-reactive ketones (excluding diaryl/α,β-unsaturated/α-hetero) is 3. The standard InChI is InChI=1S/C64H97N7O12S/c1-41(2)30-51-56(75)36-49(44(6)72)62(81)66(10)37-57(76)68(12)52(31-42(3)4)59(78)65-50(38-83-64(7,8)9)55(74)35-48(61(80)71-28-22-17-23-29-71)39-84-40-58(77)69(13)53(33-46-26-20-16-21-27-46)63(82)67(11)43(5)54(73)34-47(60(79)70(51)14)32-45-24-18-15-19-25-45/h15-16,18-21,24-27,41-44,47-53,72H,17,22-23,28-40H2,1-14H3,(H,65,78)/t43-,44+,47+,48-,49-,50-,51-,52-,53-/m0/s1. The number of nitrogens with one attached hydrogen (secondary N) is 1. The largest absolute Gasteiger partial charge is 0.393 e. The van der Waals surface area contributed by atoms with Gasteiger partial charge in [0.25, 0.3) is 0 Å². The van der Waals surface area contributed by atoms with Crippen molar-refractivity contribution in [2.75, 3.05) is 73.0 Å². The van der Waals surface area contributed by atoms with E-state index in [1.165, 1.54) is 61.8 Å². The average Bonchev–Trinajstić information content (AvgIpc) is 3.11. The average molecular weight is 1190 g/mol. The van der Waals surface area contributed by atoms with Crippen LogP contribution in [0.1, 0.15) is 125 Å². The van der Waals surface area contributed by atoms with Crippen molar-refractivity contribution in [1.82, 2.24) is 34.7 Å². The number of rotatable bonds is 12. The summed E-state index contributed by atoms with van der Waals surface area (Å²) in [5, 5.41) is 14.0.